The molecular formula is C9H15ClN4. The van der Waals surface area contributed by atoms with E-state index in [0.717, 1.165) is 11.7 Å². The molecule has 1 aliphatic rings. The third kappa shape index (κ3) is 1.75. The molecule has 5 heteroatoms. The van der Waals surface area contributed by atoms with Crippen LogP contribution in [0.4, 0.5) is 0 Å². The maximum atomic E-state index is 5.98. The summed E-state index contributed by atoms with van der Waals surface area (Å²) in [4.78, 5) is 0. The molecule has 3 unspecified atom stereocenters. The number of rotatable bonds is 4. The molecule has 1 aliphatic carbocycles. The molecule has 1 saturated carbocycles. The highest BCUT2D eigenvalue weighted by Gasteiger charge is 2.40. The van der Waals surface area contributed by atoms with E-state index in [4.69, 9.17) is 11.6 Å². The summed E-state index contributed by atoms with van der Waals surface area (Å²) in [6, 6.07) is 0.501. The number of halogens is 1. The quantitative estimate of drug-likeness (QED) is 0.723. The summed E-state index contributed by atoms with van der Waals surface area (Å²) in [6.07, 6.45) is 3.70. The Bertz CT molecular complexity index is 310. The minimum absolute atomic E-state index is 0.104. The van der Waals surface area contributed by atoms with Crippen LogP contribution < -0.4 is 0 Å². The maximum Gasteiger partial charge on any atom is 0.169 e. The molecule has 14 heavy (non-hydrogen) atoms. The summed E-state index contributed by atoms with van der Waals surface area (Å²) >= 11 is 5.98. The molecule has 2 rings (SSSR count). The van der Waals surface area contributed by atoms with Gasteiger partial charge in [-0.2, -0.15) is 0 Å². The van der Waals surface area contributed by atoms with Gasteiger partial charge in [0.2, 0.25) is 0 Å². The van der Waals surface area contributed by atoms with E-state index in [9.17, 15) is 0 Å². The van der Waals surface area contributed by atoms with Crippen molar-refractivity contribution in [2.75, 3.05) is 0 Å². The van der Waals surface area contributed by atoms with Crippen molar-refractivity contribution in [2.45, 2.75) is 44.5 Å². The Morgan fingerprint density at radius 1 is 1.64 bits per heavy atom. The second-order valence-corrected chi connectivity index (χ2v) is 4.60. The smallest absolute Gasteiger partial charge is 0.169 e. The summed E-state index contributed by atoms with van der Waals surface area (Å²) in [5.74, 6) is 1.56. The van der Waals surface area contributed by atoms with Crippen molar-refractivity contribution in [3.05, 3.63) is 5.82 Å². The van der Waals surface area contributed by atoms with Gasteiger partial charge in [-0.25, -0.2) is 4.68 Å². The first-order chi connectivity index (χ1) is 6.74. The highest BCUT2D eigenvalue weighted by Crippen LogP contribution is 2.46. The van der Waals surface area contributed by atoms with Gasteiger partial charge in [-0.1, -0.05) is 13.3 Å². The van der Waals surface area contributed by atoms with Gasteiger partial charge in [0.1, 0.15) is 0 Å². The lowest BCUT2D eigenvalue weighted by molar-refractivity contribution is 0.526. The Labute approximate surface area is 88.6 Å². The zero-order valence-electron chi connectivity index (χ0n) is 8.52. The van der Waals surface area contributed by atoms with Gasteiger partial charge in [0, 0.05) is 0 Å². The minimum Gasteiger partial charge on any atom is -0.225 e. The lowest BCUT2D eigenvalue weighted by atomic mass is 10.2. The summed E-state index contributed by atoms with van der Waals surface area (Å²) in [7, 11) is 0. The minimum atomic E-state index is -0.104. The summed E-state index contributed by atoms with van der Waals surface area (Å²) in [5, 5.41) is 11.5. The van der Waals surface area contributed by atoms with Crippen LogP contribution in [0.1, 0.15) is 50.4 Å². The van der Waals surface area contributed by atoms with Crippen LogP contribution in [0.2, 0.25) is 0 Å². The molecule has 0 aliphatic heterocycles. The zero-order valence-corrected chi connectivity index (χ0v) is 9.28. The molecule has 1 fully saturated rings. The molecule has 0 spiro atoms. The summed E-state index contributed by atoms with van der Waals surface area (Å²) in [6.45, 7) is 4.11. The van der Waals surface area contributed by atoms with Crippen molar-refractivity contribution >= 4 is 11.6 Å². The van der Waals surface area contributed by atoms with Gasteiger partial charge in [0.15, 0.2) is 5.82 Å². The normalized spacial score (nSPS) is 27.6. The Balaban J connectivity index is 2.07. The number of hydrogen-bond acceptors (Lipinski definition) is 3. The van der Waals surface area contributed by atoms with E-state index >= 15 is 0 Å². The number of nitrogens with zero attached hydrogens (tertiary/aromatic N) is 4. The van der Waals surface area contributed by atoms with Gasteiger partial charge < -0.3 is 0 Å². The van der Waals surface area contributed by atoms with Gasteiger partial charge in [-0.3, -0.25) is 0 Å². The van der Waals surface area contributed by atoms with Gasteiger partial charge in [0.05, 0.1) is 11.4 Å². The van der Waals surface area contributed by atoms with E-state index in [-0.39, 0.29) is 5.38 Å². The topological polar surface area (TPSA) is 43.6 Å². The van der Waals surface area contributed by atoms with Crippen LogP contribution in [0, 0.1) is 5.92 Å². The number of alkyl halides is 1. The van der Waals surface area contributed by atoms with Gasteiger partial charge in [-0.15, -0.1) is 16.7 Å². The molecule has 1 aromatic heterocycles. The van der Waals surface area contributed by atoms with Crippen molar-refractivity contribution in [1.29, 1.82) is 0 Å². The van der Waals surface area contributed by atoms with E-state index in [2.05, 4.69) is 22.4 Å². The molecule has 1 aromatic rings. The SMILES string of the molecule is CCCC1CC1n1nnnc1C(C)Cl. The fourth-order valence-corrected chi connectivity index (χ4v) is 2.05. The van der Waals surface area contributed by atoms with Crippen molar-refractivity contribution in [3.63, 3.8) is 0 Å². The number of aromatic nitrogens is 4. The molecule has 0 bridgehead atoms. The van der Waals surface area contributed by atoms with Crippen LogP contribution >= 0.6 is 11.6 Å². The average molecular weight is 215 g/mol. The van der Waals surface area contributed by atoms with Crippen LogP contribution in [0.5, 0.6) is 0 Å². The second kappa shape index (κ2) is 3.85. The first-order valence-corrected chi connectivity index (χ1v) is 5.59. The fourth-order valence-electron chi connectivity index (χ4n) is 1.91. The molecule has 0 N–H and O–H groups in total. The van der Waals surface area contributed by atoms with Crippen molar-refractivity contribution in [2.24, 2.45) is 5.92 Å². The Hall–Kier alpha value is -0.640. The molecule has 0 radical (unpaired) electrons. The van der Waals surface area contributed by atoms with Crippen molar-refractivity contribution < 1.29 is 0 Å². The summed E-state index contributed by atoms with van der Waals surface area (Å²) < 4.78 is 1.90. The molecular weight excluding hydrogens is 200 g/mol. The molecule has 3 atom stereocenters. The number of tetrazole rings is 1. The highest BCUT2D eigenvalue weighted by atomic mass is 35.5. The third-order valence-corrected chi connectivity index (χ3v) is 2.93. The maximum absolute atomic E-state index is 5.98. The van der Waals surface area contributed by atoms with Gasteiger partial charge >= 0.3 is 0 Å². The van der Waals surface area contributed by atoms with Crippen LogP contribution in [-0.2, 0) is 0 Å². The monoisotopic (exact) mass is 214 g/mol. The Morgan fingerprint density at radius 2 is 2.43 bits per heavy atom. The molecule has 1 heterocycles. The van der Waals surface area contributed by atoms with E-state index in [1.807, 2.05) is 11.6 Å². The summed E-state index contributed by atoms with van der Waals surface area (Å²) in [5.41, 5.74) is 0. The predicted molar refractivity (Wildman–Crippen MR) is 54.1 cm³/mol. The largest absolute Gasteiger partial charge is 0.225 e. The molecule has 4 nitrogen and oxygen atoms in total. The van der Waals surface area contributed by atoms with Gasteiger partial charge in [-0.05, 0) is 36.1 Å². The van der Waals surface area contributed by atoms with Crippen LogP contribution in [0.15, 0.2) is 0 Å². The zero-order chi connectivity index (χ0) is 10.1. The first kappa shape index (κ1) is 9.90. The lowest BCUT2D eigenvalue weighted by Crippen LogP contribution is -2.05. The van der Waals surface area contributed by atoms with E-state index < -0.39 is 0 Å². The van der Waals surface area contributed by atoms with E-state index in [0.29, 0.717) is 6.04 Å². The second-order valence-electron chi connectivity index (χ2n) is 3.95. The van der Waals surface area contributed by atoms with E-state index in [1.165, 1.54) is 19.3 Å². The van der Waals surface area contributed by atoms with Gasteiger partial charge in [0.25, 0.3) is 0 Å². The number of hydrogen-bond donors (Lipinski definition) is 0. The molecule has 0 saturated heterocycles. The Morgan fingerprint density at radius 3 is 3.07 bits per heavy atom. The molecule has 0 aromatic carbocycles. The molecule has 0 amide bonds. The lowest BCUT2D eigenvalue weighted by Gasteiger charge is -2.04. The predicted octanol–water partition coefficient (Wildman–Crippen LogP) is 2.33. The van der Waals surface area contributed by atoms with E-state index in [1.54, 1.807) is 0 Å². The van der Waals surface area contributed by atoms with Crippen LogP contribution in [-0.4, -0.2) is 20.2 Å². The van der Waals surface area contributed by atoms with Crippen molar-refractivity contribution in [3.8, 4) is 0 Å². The van der Waals surface area contributed by atoms with Crippen LogP contribution in [0.3, 0.4) is 0 Å². The molecule has 78 valence electrons. The fraction of sp³-hybridized carbons (Fsp3) is 0.889. The Kier molecular flexibility index (Phi) is 2.72. The van der Waals surface area contributed by atoms with Crippen LogP contribution in [0.25, 0.3) is 0 Å². The highest BCUT2D eigenvalue weighted by molar-refractivity contribution is 6.20. The third-order valence-electron chi connectivity index (χ3n) is 2.73. The van der Waals surface area contributed by atoms with Crippen molar-refractivity contribution in [1.82, 2.24) is 20.2 Å². The average Bonchev–Trinajstić information content (AvgIpc) is 2.74. The standard InChI is InChI=1S/C9H15ClN4/c1-3-4-7-5-8(7)14-9(6(2)10)11-12-13-14/h6-8H,3-5H2,1-2H3. The first-order valence-electron chi connectivity index (χ1n) is 5.15.